The molecule has 1 aromatic rings. The van der Waals surface area contributed by atoms with Gasteiger partial charge in [0.15, 0.2) is 17.5 Å². The molecule has 1 atom stereocenters. The van der Waals surface area contributed by atoms with Gasteiger partial charge in [-0.15, -0.1) is 0 Å². The van der Waals surface area contributed by atoms with Crippen LogP contribution in [0.2, 0.25) is 0 Å². The fourth-order valence-electron chi connectivity index (χ4n) is 2.15. The Balaban J connectivity index is 2.20. The number of amides is 1. The Kier molecular flexibility index (Phi) is 3.33. The maximum absolute atomic E-state index is 12.2. The van der Waals surface area contributed by atoms with Gasteiger partial charge in [-0.25, -0.2) is 0 Å². The highest BCUT2D eigenvalue weighted by atomic mass is 16.2. The third-order valence-electron chi connectivity index (χ3n) is 3.73. The zero-order valence-electron chi connectivity index (χ0n) is 12.0. The smallest absolute Gasteiger partial charge is 0.241 e. The number of likely N-dealkylation sites (N-methyl/N-ethyl adjacent to an activating group) is 1. The van der Waals surface area contributed by atoms with E-state index in [2.05, 4.69) is 5.10 Å². The number of aryl methyl sites for hydroxylation is 1. The molecule has 0 aromatic carbocycles. The van der Waals surface area contributed by atoms with E-state index in [9.17, 15) is 14.4 Å². The molecule has 0 radical (unpaired) electrons. The van der Waals surface area contributed by atoms with Crippen LogP contribution in [-0.4, -0.2) is 44.7 Å². The number of ketones is 2. The SMILES string of the molecule is CN1C(=O)C(C(=O)/C=C/c2cnn(C)c2)C(=O)C1(C)C. The summed E-state index contributed by atoms with van der Waals surface area (Å²) < 4.78 is 1.60. The van der Waals surface area contributed by atoms with Gasteiger partial charge in [-0.3, -0.25) is 19.1 Å². The summed E-state index contributed by atoms with van der Waals surface area (Å²) in [6, 6.07) is 0. The van der Waals surface area contributed by atoms with Crippen LogP contribution in [0.5, 0.6) is 0 Å². The van der Waals surface area contributed by atoms with Crippen LogP contribution in [0.25, 0.3) is 6.08 Å². The predicted octanol–water partition coefficient (Wildman–Crippen LogP) is 0.438. The lowest BCUT2D eigenvalue weighted by atomic mass is 9.91. The molecule has 106 valence electrons. The standard InChI is InChI=1S/C14H17N3O3/c1-14(2)12(19)11(13(20)17(14)4)10(18)6-5-9-7-15-16(3)8-9/h5-8,11H,1-4H3/b6-5+. The molecule has 6 heteroatoms. The maximum Gasteiger partial charge on any atom is 0.241 e. The number of rotatable bonds is 3. The molecule has 2 rings (SSSR count). The summed E-state index contributed by atoms with van der Waals surface area (Å²) in [6.07, 6.45) is 6.16. The van der Waals surface area contributed by atoms with Crippen molar-refractivity contribution in [3.63, 3.8) is 0 Å². The van der Waals surface area contributed by atoms with E-state index in [1.54, 1.807) is 51.1 Å². The van der Waals surface area contributed by atoms with Crippen molar-refractivity contribution in [1.82, 2.24) is 14.7 Å². The summed E-state index contributed by atoms with van der Waals surface area (Å²) >= 11 is 0. The highest BCUT2D eigenvalue weighted by molar-refractivity contribution is 6.28. The minimum absolute atomic E-state index is 0.356. The van der Waals surface area contributed by atoms with E-state index in [0.29, 0.717) is 0 Å². The number of hydrogen-bond donors (Lipinski definition) is 0. The van der Waals surface area contributed by atoms with Crippen LogP contribution in [0.1, 0.15) is 19.4 Å². The third kappa shape index (κ3) is 2.17. The van der Waals surface area contributed by atoms with Crippen LogP contribution in [-0.2, 0) is 21.4 Å². The first kappa shape index (κ1) is 14.2. The van der Waals surface area contributed by atoms with Crippen molar-refractivity contribution in [3.05, 3.63) is 24.0 Å². The minimum atomic E-state index is -1.22. The van der Waals surface area contributed by atoms with Crippen molar-refractivity contribution in [2.24, 2.45) is 13.0 Å². The molecule has 1 amide bonds. The van der Waals surface area contributed by atoms with E-state index < -0.39 is 23.1 Å². The van der Waals surface area contributed by atoms with Crippen LogP contribution in [0.4, 0.5) is 0 Å². The molecule has 20 heavy (non-hydrogen) atoms. The highest BCUT2D eigenvalue weighted by Crippen LogP contribution is 2.29. The number of likely N-dealkylation sites (tertiary alicyclic amines) is 1. The van der Waals surface area contributed by atoms with Crippen molar-refractivity contribution in [3.8, 4) is 0 Å². The topological polar surface area (TPSA) is 72.3 Å². The van der Waals surface area contributed by atoms with E-state index in [1.807, 2.05) is 0 Å². The van der Waals surface area contributed by atoms with Gasteiger partial charge in [-0.1, -0.05) is 0 Å². The summed E-state index contributed by atoms with van der Waals surface area (Å²) in [6.45, 7) is 3.29. The molecular formula is C14H17N3O3. The number of nitrogens with zero attached hydrogens (tertiary/aromatic N) is 3. The quantitative estimate of drug-likeness (QED) is 0.592. The van der Waals surface area contributed by atoms with Gasteiger partial charge in [-0.05, 0) is 26.0 Å². The molecule has 0 bridgehead atoms. The van der Waals surface area contributed by atoms with E-state index in [4.69, 9.17) is 0 Å². The van der Waals surface area contributed by atoms with E-state index >= 15 is 0 Å². The van der Waals surface area contributed by atoms with Crippen LogP contribution in [0.15, 0.2) is 18.5 Å². The molecular weight excluding hydrogens is 258 g/mol. The number of allylic oxidation sites excluding steroid dienone is 1. The lowest BCUT2D eigenvalue weighted by molar-refractivity contribution is -0.136. The molecule has 0 saturated carbocycles. The summed E-state index contributed by atoms with van der Waals surface area (Å²) in [5.41, 5.74) is -0.189. The molecule has 1 saturated heterocycles. The minimum Gasteiger partial charge on any atom is -0.333 e. The van der Waals surface area contributed by atoms with E-state index in [1.165, 1.54) is 11.0 Å². The lowest BCUT2D eigenvalue weighted by Crippen LogP contribution is -2.41. The van der Waals surface area contributed by atoms with Crippen molar-refractivity contribution >= 4 is 23.5 Å². The summed E-state index contributed by atoms with van der Waals surface area (Å²) in [7, 11) is 3.30. The summed E-state index contributed by atoms with van der Waals surface area (Å²) in [5, 5.41) is 3.97. The third-order valence-corrected chi connectivity index (χ3v) is 3.73. The van der Waals surface area contributed by atoms with Crippen LogP contribution >= 0.6 is 0 Å². The number of aromatic nitrogens is 2. The number of Topliss-reactive ketones (excluding diaryl/α,β-unsaturated/α-hetero) is 1. The van der Waals surface area contributed by atoms with Gasteiger partial charge >= 0.3 is 0 Å². The van der Waals surface area contributed by atoms with Crippen molar-refractivity contribution < 1.29 is 14.4 Å². The molecule has 1 aromatic heterocycles. The van der Waals surface area contributed by atoms with Crippen LogP contribution < -0.4 is 0 Å². The Bertz CT molecular complexity index is 613. The molecule has 0 N–H and O–H groups in total. The number of carbonyl (C=O) groups excluding carboxylic acids is 3. The average molecular weight is 275 g/mol. The Morgan fingerprint density at radius 2 is 2.00 bits per heavy atom. The van der Waals surface area contributed by atoms with Gasteiger partial charge in [-0.2, -0.15) is 5.10 Å². The molecule has 1 aliphatic heterocycles. The number of hydrogen-bond acceptors (Lipinski definition) is 4. The van der Waals surface area contributed by atoms with Gasteiger partial charge in [0.2, 0.25) is 5.91 Å². The first-order valence-corrected chi connectivity index (χ1v) is 6.27. The second kappa shape index (κ2) is 4.70. The monoisotopic (exact) mass is 275 g/mol. The van der Waals surface area contributed by atoms with Gasteiger partial charge in [0.25, 0.3) is 0 Å². The maximum atomic E-state index is 12.2. The van der Waals surface area contributed by atoms with Gasteiger partial charge < -0.3 is 4.90 Å². The Morgan fingerprint density at radius 1 is 1.35 bits per heavy atom. The summed E-state index contributed by atoms with van der Waals surface area (Å²) in [5.74, 6) is -2.50. The molecule has 1 unspecified atom stereocenters. The Hall–Kier alpha value is -2.24. The van der Waals surface area contributed by atoms with Crippen LogP contribution in [0.3, 0.4) is 0 Å². The largest absolute Gasteiger partial charge is 0.333 e. The lowest BCUT2D eigenvalue weighted by Gasteiger charge is -2.25. The molecule has 1 fully saturated rings. The Morgan fingerprint density at radius 3 is 2.45 bits per heavy atom. The van der Waals surface area contributed by atoms with Crippen molar-refractivity contribution in [2.45, 2.75) is 19.4 Å². The number of carbonyl (C=O) groups is 3. The average Bonchev–Trinajstić information content (AvgIpc) is 2.86. The van der Waals surface area contributed by atoms with E-state index in [0.717, 1.165) is 5.56 Å². The highest BCUT2D eigenvalue weighted by Gasteiger charge is 2.53. The molecule has 1 aliphatic rings. The summed E-state index contributed by atoms with van der Waals surface area (Å²) in [4.78, 5) is 37.6. The van der Waals surface area contributed by atoms with Gasteiger partial charge in [0.05, 0.1) is 11.7 Å². The second-order valence-electron chi connectivity index (χ2n) is 5.44. The molecule has 0 spiro atoms. The predicted molar refractivity (Wildman–Crippen MR) is 72.6 cm³/mol. The fraction of sp³-hybridized carbons (Fsp3) is 0.429. The zero-order valence-corrected chi connectivity index (χ0v) is 12.0. The first-order valence-electron chi connectivity index (χ1n) is 6.27. The van der Waals surface area contributed by atoms with Gasteiger partial charge in [0.1, 0.15) is 0 Å². The normalized spacial score (nSPS) is 22.0. The fourth-order valence-corrected chi connectivity index (χ4v) is 2.15. The Labute approximate surface area is 117 Å². The second-order valence-corrected chi connectivity index (χ2v) is 5.44. The molecule has 6 nitrogen and oxygen atoms in total. The zero-order chi connectivity index (χ0) is 15.1. The molecule has 0 aliphatic carbocycles. The molecule has 2 heterocycles. The van der Waals surface area contributed by atoms with Crippen molar-refractivity contribution in [2.75, 3.05) is 7.05 Å². The van der Waals surface area contributed by atoms with Crippen LogP contribution in [0, 0.1) is 5.92 Å². The van der Waals surface area contributed by atoms with E-state index in [-0.39, 0.29) is 5.78 Å². The first-order chi connectivity index (χ1) is 9.25. The van der Waals surface area contributed by atoms with Crippen molar-refractivity contribution in [1.29, 1.82) is 0 Å². The van der Waals surface area contributed by atoms with Gasteiger partial charge in [0, 0.05) is 25.9 Å².